The van der Waals surface area contributed by atoms with Crippen LogP contribution in [0.4, 0.5) is 10.5 Å². The molecule has 0 spiro atoms. The number of ether oxygens (including phenoxy) is 1. The van der Waals surface area contributed by atoms with Gasteiger partial charge in [-0.2, -0.15) is 0 Å². The van der Waals surface area contributed by atoms with E-state index in [1.54, 1.807) is 11.1 Å². The minimum atomic E-state index is -0.0895. The van der Waals surface area contributed by atoms with E-state index in [4.69, 9.17) is 4.74 Å². The molecule has 8 nitrogen and oxygen atoms in total. The lowest BCUT2D eigenvalue weighted by molar-refractivity contribution is -0.130. The minimum absolute atomic E-state index is 0.0138. The van der Waals surface area contributed by atoms with Crippen LogP contribution in [0.5, 0.6) is 5.75 Å². The zero-order valence-corrected chi connectivity index (χ0v) is 20.3. The molecule has 35 heavy (non-hydrogen) atoms. The Morgan fingerprint density at radius 3 is 2.51 bits per heavy atom. The lowest BCUT2D eigenvalue weighted by Crippen LogP contribution is -2.50. The number of nitrogens with zero attached hydrogens (tertiary/aromatic N) is 4. The van der Waals surface area contributed by atoms with E-state index in [-0.39, 0.29) is 18.0 Å². The van der Waals surface area contributed by atoms with E-state index in [1.165, 1.54) is 24.8 Å². The normalized spacial score (nSPS) is 21.0. The summed E-state index contributed by atoms with van der Waals surface area (Å²) in [6.07, 6.45) is 8.91. The van der Waals surface area contributed by atoms with E-state index < -0.39 is 0 Å². The number of carbonyl (C=O) groups is 2. The molecule has 3 aliphatic heterocycles. The first-order valence-corrected chi connectivity index (χ1v) is 12.9. The third kappa shape index (κ3) is 6.11. The third-order valence-corrected chi connectivity index (χ3v) is 7.32. The van der Waals surface area contributed by atoms with Gasteiger partial charge in [-0.15, -0.1) is 0 Å². The van der Waals surface area contributed by atoms with Gasteiger partial charge in [0.2, 0.25) is 5.91 Å². The monoisotopic (exact) mass is 477 g/mol. The Labute approximate surface area is 207 Å². The number of amides is 3. The summed E-state index contributed by atoms with van der Waals surface area (Å²) in [5.74, 6) is 1.35. The lowest BCUT2D eigenvalue weighted by Gasteiger charge is -2.39. The minimum Gasteiger partial charge on any atom is -0.489 e. The summed E-state index contributed by atoms with van der Waals surface area (Å²) in [7, 11) is 0. The molecule has 1 aromatic carbocycles. The Morgan fingerprint density at radius 2 is 1.77 bits per heavy atom. The maximum atomic E-state index is 12.6. The number of aromatic nitrogens is 1. The van der Waals surface area contributed by atoms with E-state index in [9.17, 15) is 9.59 Å². The molecule has 186 valence electrons. The van der Waals surface area contributed by atoms with Crippen LogP contribution in [0.25, 0.3) is 0 Å². The number of benzene rings is 1. The highest BCUT2D eigenvalue weighted by Gasteiger charge is 2.32. The van der Waals surface area contributed by atoms with Gasteiger partial charge in [0.05, 0.1) is 6.54 Å². The highest BCUT2D eigenvalue weighted by molar-refractivity contribution is 5.90. The number of hydrogen-bond acceptors (Lipinski definition) is 5. The average molecular weight is 478 g/mol. The fourth-order valence-corrected chi connectivity index (χ4v) is 5.13. The van der Waals surface area contributed by atoms with Gasteiger partial charge in [0, 0.05) is 63.0 Å². The maximum absolute atomic E-state index is 12.6. The number of likely N-dealkylation sites (tertiary alicyclic amines) is 3. The Hall–Kier alpha value is -3.13. The van der Waals surface area contributed by atoms with Crippen molar-refractivity contribution < 1.29 is 14.3 Å². The number of nitrogens with one attached hydrogen (secondary N) is 1. The molecular formula is C27H35N5O3. The third-order valence-electron chi connectivity index (χ3n) is 7.32. The predicted octanol–water partition coefficient (Wildman–Crippen LogP) is 3.57. The number of piperidine rings is 1. The van der Waals surface area contributed by atoms with Gasteiger partial charge in [-0.1, -0.05) is 12.5 Å². The molecule has 2 aromatic rings. The van der Waals surface area contributed by atoms with Crippen LogP contribution >= 0.6 is 0 Å². The molecule has 0 unspecified atom stereocenters. The number of pyridine rings is 1. The fourth-order valence-electron chi connectivity index (χ4n) is 5.13. The standard InChI is InChI=1S/C27H35N5O3/c33-26(11-15-30-13-2-1-3-14-30)31-16-10-25(20-31)35-24-8-6-23(7-9-24)29-27(34)32-18-22(19-32)21-5-4-12-28-17-21/h4-9,12,17,22,25H,1-3,10-11,13-16,18-20H2,(H,29,34)/t25-/m1/s1. The van der Waals surface area contributed by atoms with Crippen molar-refractivity contribution in [2.75, 3.05) is 51.1 Å². The second-order valence-electron chi connectivity index (χ2n) is 9.86. The molecule has 0 saturated carbocycles. The molecule has 3 saturated heterocycles. The van der Waals surface area contributed by atoms with Crippen molar-refractivity contribution in [3.8, 4) is 5.75 Å². The van der Waals surface area contributed by atoms with Gasteiger partial charge in [0.25, 0.3) is 0 Å². The number of urea groups is 1. The van der Waals surface area contributed by atoms with Crippen molar-refractivity contribution in [2.45, 2.75) is 44.1 Å². The van der Waals surface area contributed by atoms with E-state index in [2.05, 4.69) is 21.3 Å². The van der Waals surface area contributed by atoms with Crippen molar-refractivity contribution in [3.05, 3.63) is 54.4 Å². The smallest absolute Gasteiger partial charge is 0.321 e. The Kier molecular flexibility index (Phi) is 7.47. The molecule has 4 heterocycles. The van der Waals surface area contributed by atoms with Crippen LogP contribution in [-0.4, -0.2) is 83.5 Å². The quantitative estimate of drug-likeness (QED) is 0.660. The van der Waals surface area contributed by atoms with E-state index in [1.807, 2.05) is 41.4 Å². The van der Waals surface area contributed by atoms with Crippen molar-refractivity contribution in [1.82, 2.24) is 19.7 Å². The first kappa shape index (κ1) is 23.6. The lowest BCUT2D eigenvalue weighted by atomic mass is 9.93. The topological polar surface area (TPSA) is 78.0 Å². The highest BCUT2D eigenvalue weighted by atomic mass is 16.5. The molecule has 1 N–H and O–H groups in total. The predicted molar refractivity (Wildman–Crippen MR) is 135 cm³/mol. The van der Waals surface area contributed by atoms with Gasteiger partial charge in [0.15, 0.2) is 0 Å². The van der Waals surface area contributed by atoms with Crippen LogP contribution in [0.1, 0.15) is 43.6 Å². The fraction of sp³-hybridized carbons (Fsp3) is 0.519. The molecule has 3 aliphatic rings. The number of carbonyl (C=O) groups excluding carboxylic acids is 2. The van der Waals surface area contributed by atoms with Crippen molar-refractivity contribution in [3.63, 3.8) is 0 Å². The molecule has 1 aromatic heterocycles. The van der Waals surface area contributed by atoms with E-state index in [0.29, 0.717) is 32.0 Å². The average Bonchev–Trinajstić information content (AvgIpc) is 3.33. The van der Waals surface area contributed by atoms with Crippen LogP contribution in [0.2, 0.25) is 0 Å². The van der Waals surface area contributed by atoms with Gasteiger partial charge in [-0.3, -0.25) is 9.78 Å². The van der Waals surface area contributed by atoms with Crippen molar-refractivity contribution in [2.24, 2.45) is 0 Å². The largest absolute Gasteiger partial charge is 0.489 e. The number of hydrogen-bond donors (Lipinski definition) is 1. The Balaban J connectivity index is 1.02. The molecule has 8 heteroatoms. The summed E-state index contributed by atoms with van der Waals surface area (Å²) in [6.45, 7) is 5.92. The van der Waals surface area contributed by atoms with Crippen molar-refractivity contribution in [1.29, 1.82) is 0 Å². The summed E-state index contributed by atoms with van der Waals surface area (Å²) in [4.78, 5) is 35.4. The first-order chi connectivity index (χ1) is 17.1. The molecule has 3 amide bonds. The zero-order chi connectivity index (χ0) is 24.0. The highest BCUT2D eigenvalue weighted by Crippen LogP contribution is 2.27. The summed E-state index contributed by atoms with van der Waals surface area (Å²) in [5, 5.41) is 2.96. The zero-order valence-electron chi connectivity index (χ0n) is 20.3. The Morgan fingerprint density at radius 1 is 0.971 bits per heavy atom. The van der Waals surface area contributed by atoms with Gasteiger partial charge in [-0.25, -0.2) is 4.79 Å². The van der Waals surface area contributed by atoms with Gasteiger partial charge < -0.3 is 24.8 Å². The summed E-state index contributed by atoms with van der Waals surface area (Å²) in [5.41, 5.74) is 1.92. The summed E-state index contributed by atoms with van der Waals surface area (Å²) in [6, 6.07) is 11.4. The number of anilines is 1. The molecule has 1 atom stereocenters. The van der Waals surface area contributed by atoms with Crippen LogP contribution in [0.3, 0.4) is 0 Å². The van der Waals surface area contributed by atoms with E-state index in [0.717, 1.165) is 44.0 Å². The number of rotatable bonds is 7. The first-order valence-electron chi connectivity index (χ1n) is 12.9. The molecule has 0 aliphatic carbocycles. The maximum Gasteiger partial charge on any atom is 0.321 e. The van der Waals surface area contributed by atoms with Crippen LogP contribution in [-0.2, 0) is 4.79 Å². The second kappa shape index (κ2) is 11.1. The van der Waals surface area contributed by atoms with Crippen molar-refractivity contribution >= 4 is 17.6 Å². The summed E-state index contributed by atoms with van der Waals surface area (Å²) < 4.78 is 6.12. The van der Waals surface area contributed by atoms with Gasteiger partial charge in [-0.05, 0) is 61.8 Å². The molecule has 0 radical (unpaired) electrons. The van der Waals surface area contributed by atoms with Crippen LogP contribution in [0, 0.1) is 0 Å². The Bertz CT molecular complexity index is 988. The molecular weight excluding hydrogens is 442 g/mol. The SMILES string of the molecule is O=C(CCN1CCCCC1)N1CC[C@@H](Oc2ccc(NC(=O)N3CC(c4cccnc4)C3)cc2)C1. The molecule has 3 fully saturated rings. The molecule has 5 rings (SSSR count). The molecule has 0 bridgehead atoms. The van der Waals surface area contributed by atoms with Crippen LogP contribution in [0.15, 0.2) is 48.8 Å². The summed E-state index contributed by atoms with van der Waals surface area (Å²) >= 11 is 0. The second-order valence-corrected chi connectivity index (χ2v) is 9.86. The van der Waals surface area contributed by atoms with Gasteiger partial charge in [0.1, 0.15) is 11.9 Å². The van der Waals surface area contributed by atoms with Crippen LogP contribution < -0.4 is 10.1 Å². The van der Waals surface area contributed by atoms with E-state index >= 15 is 0 Å². The van der Waals surface area contributed by atoms with Gasteiger partial charge >= 0.3 is 6.03 Å².